The minimum absolute atomic E-state index is 0.0817. The summed E-state index contributed by atoms with van der Waals surface area (Å²) in [5.41, 5.74) is 6.30. The van der Waals surface area contributed by atoms with Crippen LogP contribution in [0.5, 0.6) is 0 Å². The Balaban J connectivity index is 1.71. The van der Waals surface area contributed by atoms with Crippen LogP contribution in [0, 0.1) is 17.2 Å². The minimum atomic E-state index is -0.326. The van der Waals surface area contributed by atoms with Crippen molar-refractivity contribution >= 4 is 28.5 Å². The van der Waals surface area contributed by atoms with Crippen molar-refractivity contribution in [1.29, 1.82) is 5.26 Å². The molecule has 124 valence electrons. The van der Waals surface area contributed by atoms with Gasteiger partial charge in [-0.1, -0.05) is 12.1 Å². The molecule has 7 nitrogen and oxygen atoms in total. The molecule has 2 aromatic rings. The SMILES string of the molecule is N#Cc1oc2ccccc2c1NC(=O)CN1CCC[C@@H](C(N)=O)C1. The number of nitriles is 1. The summed E-state index contributed by atoms with van der Waals surface area (Å²) in [6.45, 7) is 1.38. The van der Waals surface area contributed by atoms with E-state index < -0.39 is 0 Å². The summed E-state index contributed by atoms with van der Waals surface area (Å²) in [6.07, 6.45) is 1.59. The van der Waals surface area contributed by atoms with Crippen molar-refractivity contribution in [2.75, 3.05) is 25.0 Å². The number of nitrogens with zero attached hydrogens (tertiary/aromatic N) is 2. The Labute approximate surface area is 139 Å². The number of primary amides is 1. The second-order valence-electron chi connectivity index (χ2n) is 5.94. The second kappa shape index (κ2) is 6.72. The maximum Gasteiger partial charge on any atom is 0.238 e. The van der Waals surface area contributed by atoms with E-state index >= 15 is 0 Å². The number of rotatable bonds is 4. The van der Waals surface area contributed by atoms with E-state index in [1.807, 2.05) is 17.0 Å². The Morgan fingerprint density at radius 3 is 2.96 bits per heavy atom. The first kappa shape index (κ1) is 16.0. The van der Waals surface area contributed by atoms with Crippen molar-refractivity contribution in [3.8, 4) is 6.07 Å². The summed E-state index contributed by atoms with van der Waals surface area (Å²) >= 11 is 0. The molecule has 1 aromatic heterocycles. The Morgan fingerprint density at radius 2 is 2.21 bits per heavy atom. The van der Waals surface area contributed by atoms with Crippen LogP contribution in [0.4, 0.5) is 5.69 Å². The lowest BCUT2D eigenvalue weighted by molar-refractivity contribution is -0.125. The Bertz CT molecular complexity index is 821. The second-order valence-corrected chi connectivity index (χ2v) is 5.94. The van der Waals surface area contributed by atoms with Gasteiger partial charge in [-0.2, -0.15) is 5.26 Å². The first-order valence-corrected chi connectivity index (χ1v) is 7.81. The van der Waals surface area contributed by atoms with Crippen LogP contribution >= 0.6 is 0 Å². The Kier molecular flexibility index (Phi) is 4.49. The van der Waals surface area contributed by atoms with Crippen molar-refractivity contribution in [3.63, 3.8) is 0 Å². The Hall–Kier alpha value is -2.85. The number of anilines is 1. The van der Waals surface area contributed by atoms with Crippen LogP contribution in [-0.4, -0.2) is 36.3 Å². The van der Waals surface area contributed by atoms with Gasteiger partial charge in [0.25, 0.3) is 0 Å². The third-order valence-electron chi connectivity index (χ3n) is 4.24. The molecule has 0 radical (unpaired) electrons. The number of fused-ring (bicyclic) bond motifs is 1. The zero-order chi connectivity index (χ0) is 17.1. The number of piperidine rings is 1. The molecule has 1 aliphatic rings. The highest BCUT2D eigenvalue weighted by Crippen LogP contribution is 2.30. The average Bonchev–Trinajstić information content (AvgIpc) is 2.93. The largest absolute Gasteiger partial charge is 0.443 e. The van der Waals surface area contributed by atoms with Gasteiger partial charge in [-0.25, -0.2) is 0 Å². The minimum Gasteiger partial charge on any atom is -0.443 e. The van der Waals surface area contributed by atoms with Crippen molar-refractivity contribution in [2.45, 2.75) is 12.8 Å². The van der Waals surface area contributed by atoms with Crippen molar-refractivity contribution < 1.29 is 14.0 Å². The highest BCUT2D eigenvalue weighted by molar-refractivity contribution is 6.03. The molecular weight excluding hydrogens is 308 g/mol. The number of furan rings is 1. The van der Waals surface area contributed by atoms with E-state index in [4.69, 9.17) is 10.2 Å². The molecule has 3 rings (SSSR count). The van der Waals surface area contributed by atoms with Gasteiger partial charge in [0.2, 0.25) is 17.6 Å². The zero-order valence-corrected chi connectivity index (χ0v) is 13.1. The van der Waals surface area contributed by atoms with Gasteiger partial charge in [0.1, 0.15) is 17.3 Å². The molecule has 1 saturated heterocycles. The molecule has 24 heavy (non-hydrogen) atoms. The van der Waals surface area contributed by atoms with E-state index in [-0.39, 0.29) is 30.0 Å². The number of carbonyl (C=O) groups excluding carboxylic acids is 2. The number of amides is 2. The summed E-state index contributed by atoms with van der Waals surface area (Å²) < 4.78 is 5.44. The van der Waals surface area contributed by atoms with Crippen LogP contribution in [0.25, 0.3) is 11.0 Å². The fourth-order valence-corrected chi connectivity index (χ4v) is 3.06. The van der Waals surface area contributed by atoms with E-state index in [0.717, 1.165) is 19.4 Å². The maximum absolute atomic E-state index is 12.3. The normalized spacial score (nSPS) is 18.2. The zero-order valence-electron chi connectivity index (χ0n) is 13.1. The molecule has 7 heteroatoms. The standard InChI is InChI=1S/C17H18N4O3/c18-8-14-16(12-5-1-2-6-13(12)24-14)20-15(22)10-21-7-3-4-11(9-21)17(19)23/h1-2,5-6,11H,3-4,7,9-10H2,(H2,19,23)(H,20,22)/t11-/m1/s1. The smallest absolute Gasteiger partial charge is 0.238 e. The molecule has 0 saturated carbocycles. The molecule has 2 heterocycles. The average molecular weight is 326 g/mol. The summed E-state index contributed by atoms with van der Waals surface area (Å²) in [5.74, 6) is -0.704. The third-order valence-corrected chi connectivity index (χ3v) is 4.24. The first-order chi connectivity index (χ1) is 11.6. The van der Waals surface area contributed by atoms with Crippen LogP contribution in [0.3, 0.4) is 0 Å². The molecule has 1 fully saturated rings. The fraction of sp³-hybridized carbons (Fsp3) is 0.353. The number of likely N-dealkylation sites (tertiary alicyclic amines) is 1. The molecule has 0 unspecified atom stereocenters. The molecular formula is C17H18N4O3. The predicted octanol–water partition coefficient (Wildman–Crippen LogP) is 1.44. The quantitative estimate of drug-likeness (QED) is 0.883. The summed E-state index contributed by atoms with van der Waals surface area (Å²) in [7, 11) is 0. The maximum atomic E-state index is 12.3. The Morgan fingerprint density at radius 1 is 1.42 bits per heavy atom. The topological polar surface area (TPSA) is 112 Å². The predicted molar refractivity (Wildman–Crippen MR) is 87.9 cm³/mol. The van der Waals surface area contributed by atoms with E-state index in [2.05, 4.69) is 5.32 Å². The van der Waals surface area contributed by atoms with Crippen LogP contribution in [0.15, 0.2) is 28.7 Å². The van der Waals surface area contributed by atoms with E-state index in [1.165, 1.54) is 0 Å². The lowest BCUT2D eigenvalue weighted by Crippen LogP contribution is -2.44. The molecule has 0 bridgehead atoms. The van der Waals surface area contributed by atoms with Gasteiger partial charge in [-0.3, -0.25) is 14.5 Å². The highest BCUT2D eigenvalue weighted by atomic mass is 16.3. The van der Waals surface area contributed by atoms with Crippen LogP contribution in [0.1, 0.15) is 18.6 Å². The number of para-hydroxylation sites is 1. The molecule has 0 aliphatic carbocycles. The number of benzene rings is 1. The summed E-state index contributed by atoms with van der Waals surface area (Å²) in [6, 6.07) is 9.11. The fourth-order valence-electron chi connectivity index (χ4n) is 3.06. The van der Waals surface area contributed by atoms with Crippen molar-refractivity contribution in [2.24, 2.45) is 11.7 Å². The van der Waals surface area contributed by atoms with Gasteiger partial charge in [0.05, 0.1) is 12.5 Å². The van der Waals surface area contributed by atoms with E-state index in [1.54, 1.807) is 18.2 Å². The lowest BCUT2D eigenvalue weighted by Gasteiger charge is -2.30. The van der Waals surface area contributed by atoms with Gasteiger partial charge in [-0.15, -0.1) is 0 Å². The molecule has 1 aromatic carbocycles. The van der Waals surface area contributed by atoms with E-state index in [9.17, 15) is 14.9 Å². The number of nitrogens with one attached hydrogen (secondary N) is 1. The molecule has 3 N–H and O–H groups in total. The van der Waals surface area contributed by atoms with Crippen LogP contribution in [-0.2, 0) is 9.59 Å². The van der Waals surface area contributed by atoms with Gasteiger partial charge >= 0.3 is 0 Å². The lowest BCUT2D eigenvalue weighted by atomic mass is 9.97. The molecule has 1 aliphatic heterocycles. The third kappa shape index (κ3) is 3.24. The highest BCUT2D eigenvalue weighted by Gasteiger charge is 2.25. The van der Waals surface area contributed by atoms with Crippen LogP contribution < -0.4 is 11.1 Å². The molecule has 2 amide bonds. The van der Waals surface area contributed by atoms with Gasteiger partial charge < -0.3 is 15.5 Å². The van der Waals surface area contributed by atoms with Crippen LogP contribution in [0.2, 0.25) is 0 Å². The van der Waals surface area contributed by atoms with Crippen molar-refractivity contribution in [1.82, 2.24) is 4.90 Å². The number of carbonyl (C=O) groups is 2. The summed E-state index contributed by atoms with van der Waals surface area (Å²) in [5, 5.41) is 12.6. The monoisotopic (exact) mass is 326 g/mol. The van der Waals surface area contributed by atoms with Gasteiger partial charge in [-0.05, 0) is 31.5 Å². The van der Waals surface area contributed by atoms with Gasteiger partial charge in [0.15, 0.2) is 0 Å². The summed E-state index contributed by atoms with van der Waals surface area (Å²) in [4.78, 5) is 25.6. The number of nitrogens with two attached hydrogens (primary N) is 1. The first-order valence-electron chi connectivity index (χ1n) is 7.81. The van der Waals surface area contributed by atoms with Crippen molar-refractivity contribution in [3.05, 3.63) is 30.0 Å². The van der Waals surface area contributed by atoms with Gasteiger partial charge in [0, 0.05) is 11.9 Å². The molecule has 1 atom stereocenters. The molecule has 0 spiro atoms. The number of hydrogen-bond donors (Lipinski definition) is 2. The van der Waals surface area contributed by atoms with E-state index in [0.29, 0.717) is 23.2 Å². The number of hydrogen-bond acceptors (Lipinski definition) is 5.